The summed E-state index contributed by atoms with van der Waals surface area (Å²) >= 11 is 12.7. The van der Waals surface area contributed by atoms with Crippen LogP contribution in [-0.4, -0.2) is 64.5 Å². The van der Waals surface area contributed by atoms with Crippen LogP contribution in [0.4, 0.5) is 10.1 Å². The molecule has 4 heterocycles. The van der Waals surface area contributed by atoms with Crippen molar-refractivity contribution in [3.63, 3.8) is 0 Å². The third-order valence-electron chi connectivity index (χ3n) is 9.50. The molecule has 0 radical (unpaired) electrons. The molecule has 7 rings (SSSR count). The van der Waals surface area contributed by atoms with Crippen LogP contribution in [0.25, 0.3) is 10.9 Å². The Labute approximate surface area is 259 Å². The number of carbonyl (C=O) groups excluding carboxylic acids is 2. The third-order valence-corrected chi connectivity index (χ3v) is 10.0. The van der Waals surface area contributed by atoms with Crippen molar-refractivity contribution in [3.05, 3.63) is 92.8 Å². The Bertz CT molecular complexity index is 1810. The van der Waals surface area contributed by atoms with Crippen molar-refractivity contribution in [1.29, 1.82) is 0 Å². The Balaban J connectivity index is 1.39. The molecule has 0 aliphatic carbocycles. The largest absolute Gasteiger partial charge is 0.324 e. The summed E-state index contributed by atoms with van der Waals surface area (Å²) in [5.74, 6) is -1.30. The average molecular weight is 621 g/mol. The lowest BCUT2D eigenvalue weighted by atomic mass is 9.73. The zero-order valence-electron chi connectivity index (χ0n) is 24.2. The van der Waals surface area contributed by atoms with Gasteiger partial charge in [-0.2, -0.15) is 5.10 Å². The highest BCUT2D eigenvalue weighted by atomic mass is 35.5. The number of carbonyl (C=O) groups is 2. The number of anilines is 1. The van der Waals surface area contributed by atoms with Gasteiger partial charge in [-0.05, 0) is 63.4 Å². The Morgan fingerprint density at radius 3 is 2.74 bits per heavy atom. The van der Waals surface area contributed by atoms with Gasteiger partial charge < -0.3 is 10.2 Å². The summed E-state index contributed by atoms with van der Waals surface area (Å²) in [4.78, 5) is 31.5. The molecule has 3 aromatic carbocycles. The number of hydrogen-bond donors (Lipinski definition) is 1. The van der Waals surface area contributed by atoms with E-state index in [4.69, 9.17) is 28.3 Å². The van der Waals surface area contributed by atoms with E-state index in [-0.39, 0.29) is 28.8 Å². The van der Waals surface area contributed by atoms with E-state index in [0.717, 1.165) is 35.1 Å². The van der Waals surface area contributed by atoms with Gasteiger partial charge in [0.1, 0.15) is 11.4 Å². The normalized spacial score (nSPS) is 24.2. The molecule has 1 amide bonds. The molecule has 3 aliphatic rings. The van der Waals surface area contributed by atoms with E-state index >= 15 is 4.39 Å². The first-order valence-corrected chi connectivity index (χ1v) is 15.4. The van der Waals surface area contributed by atoms with E-state index in [1.165, 1.54) is 6.07 Å². The molecule has 222 valence electrons. The topological polar surface area (TPSA) is 70.5 Å². The number of likely N-dealkylation sites (N-methyl/N-ethyl adjacent to an activating group) is 1. The minimum absolute atomic E-state index is 0.00940. The fourth-order valence-corrected chi connectivity index (χ4v) is 8.20. The number of nitrogens with one attached hydrogen (secondary N) is 1. The van der Waals surface area contributed by atoms with Gasteiger partial charge >= 0.3 is 0 Å². The number of ketones is 1. The second-order valence-corrected chi connectivity index (χ2v) is 12.9. The molecule has 1 saturated heterocycles. The van der Waals surface area contributed by atoms with Crippen molar-refractivity contribution in [1.82, 2.24) is 19.6 Å². The maximum Gasteiger partial charge on any atom is 0.250 e. The van der Waals surface area contributed by atoms with E-state index in [0.29, 0.717) is 41.2 Å². The van der Waals surface area contributed by atoms with Crippen LogP contribution in [-0.2, 0) is 16.8 Å². The molecule has 0 saturated carbocycles. The molecule has 0 unspecified atom stereocenters. The van der Waals surface area contributed by atoms with Crippen LogP contribution in [0.15, 0.2) is 54.6 Å². The minimum Gasteiger partial charge on any atom is -0.324 e. The van der Waals surface area contributed by atoms with Crippen LogP contribution in [0.1, 0.15) is 58.9 Å². The molecule has 7 nitrogen and oxygen atoms in total. The van der Waals surface area contributed by atoms with Crippen LogP contribution in [0.5, 0.6) is 0 Å². The number of hydrogen-bond acceptors (Lipinski definition) is 5. The van der Waals surface area contributed by atoms with Crippen LogP contribution in [0, 0.1) is 5.82 Å². The molecule has 1 fully saturated rings. The molecule has 1 N–H and O–H groups in total. The van der Waals surface area contributed by atoms with Gasteiger partial charge in [0.2, 0.25) is 5.91 Å². The van der Waals surface area contributed by atoms with Crippen molar-refractivity contribution in [2.45, 2.75) is 49.7 Å². The quantitative estimate of drug-likeness (QED) is 0.241. The molecule has 43 heavy (non-hydrogen) atoms. The van der Waals surface area contributed by atoms with Gasteiger partial charge in [-0.3, -0.25) is 19.2 Å². The average Bonchev–Trinajstić information content (AvgIpc) is 3.66. The summed E-state index contributed by atoms with van der Waals surface area (Å²) in [6.07, 6.45) is 1.87. The van der Waals surface area contributed by atoms with E-state index in [1.54, 1.807) is 24.3 Å². The number of fused-ring (bicyclic) bond motifs is 7. The standard InChI is InChI=1S/C33H32Cl2FN5O2/c1-4-40-27-17-26-20-12-10-18(28(42)9-6-14-39(2)3)15-24(20)38-41(26)31(27)29(21-7-5-8-23(35)30(21)36)33(40)22-13-11-19(34)16-25(22)37-32(33)43/h5,7-8,10-13,15-16,27,29,31H,4,6,9,14,17H2,1-3H3,(H,37,43)/t27-,29-,31+,33+/m0/s1. The maximum atomic E-state index is 16.0. The van der Waals surface area contributed by atoms with E-state index in [2.05, 4.69) is 15.1 Å². The number of amides is 1. The van der Waals surface area contributed by atoms with Gasteiger partial charge in [0.25, 0.3) is 0 Å². The molecule has 10 heteroatoms. The minimum atomic E-state index is -1.20. The monoisotopic (exact) mass is 619 g/mol. The number of nitrogens with zero attached hydrogens (tertiary/aromatic N) is 4. The number of benzene rings is 3. The van der Waals surface area contributed by atoms with Gasteiger partial charge in [-0.15, -0.1) is 0 Å². The van der Waals surface area contributed by atoms with Gasteiger partial charge in [-0.1, -0.05) is 60.5 Å². The van der Waals surface area contributed by atoms with Crippen LogP contribution >= 0.6 is 23.2 Å². The maximum absolute atomic E-state index is 16.0. The third kappa shape index (κ3) is 4.10. The predicted octanol–water partition coefficient (Wildman–Crippen LogP) is 6.44. The van der Waals surface area contributed by atoms with Crippen molar-refractivity contribution < 1.29 is 14.0 Å². The number of Topliss-reactive ketones (excluding diaryl/α,β-unsaturated/α-hetero) is 1. The summed E-state index contributed by atoms with van der Waals surface area (Å²) in [6.45, 7) is 3.43. The van der Waals surface area contributed by atoms with E-state index in [9.17, 15) is 9.59 Å². The molecule has 1 spiro atoms. The first-order chi connectivity index (χ1) is 20.7. The summed E-state index contributed by atoms with van der Waals surface area (Å²) in [5, 5.41) is 9.61. The summed E-state index contributed by atoms with van der Waals surface area (Å²) in [7, 11) is 3.99. The Kier molecular flexibility index (Phi) is 6.89. The van der Waals surface area contributed by atoms with Crippen molar-refractivity contribution in [2.75, 3.05) is 32.5 Å². The lowest BCUT2D eigenvalue weighted by molar-refractivity contribution is -0.127. The Morgan fingerprint density at radius 2 is 1.98 bits per heavy atom. The van der Waals surface area contributed by atoms with E-state index < -0.39 is 17.3 Å². The van der Waals surface area contributed by atoms with Gasteiger partial charge in [0.15, 0.2) is 5.78 Å². The molecule has 4 aromatic rings. The zero-order chi connectivity index (χ0) is 30.2. The Hall–Kier alpha value is -3.30. The lowest BCUT2D eigenvalue weighted by Gasteiger charge is -2.39. The molecule has 1 aromatic heterocycles. The lowest BCUT2D eigenvalue weighted by Crippen LogP contribution is -2.52. The smallest absolute Gasteiger partial charge is 0.250 e. The first-order valence-electron chi connectivity index (χ1n) is 14.7. The van der Waals surface area contributed by atoms with Gasteiger partial charge in [0.05, 0.1) is 16.6 Å². The van der Waals surface area contributed by atoms with Crippen LogP contribution in [0.3, 0.4) is 0 Å². The van der Waals surface area contributed by atoms with Crippen molar-refractivity contribution in [3.8, 4) is 0 Å². The van der Waals surface area contributed by atoms with Crippen molar-refractivity contribution >= 4 is 51.5 Å². The number of halogens is 3. The number of aromatic nitrogens is 2. The second kappa shape index (κ2) is 10.4. The molecule has 4 atom stereocenters. The fourth-order valence-electron chi connectivity index (χ4n) is 7.85. The molecule has 3 aliphatic heterocycles. The van der Waals surface area contributed by atoms with E-state index in [1.807, 2.05) is 50.0 Å². The van der Waals surface area contributed by atoms with Crippen LogP contribution < -0.4 is 5.32 Å². The highest BCUT2D eigenvalue weighted by molar-refractivity contribution is 6.31. The Morgan fingerprint density at radius 1 is 1.16 bits per heavy atom. The molecule has 0 bridgehead atoms. The highest BCUT2D eigenvalue weighted by Gasteiger charge is 2.69. The number of rotatable bonds is 7. The summed E-state index contributed by atoms with van der Waals surface area (Å²) in [5.41, 5.74) is 2.96. The van der Waals surface area contributed by atoms with Crippen LogP contribution in [0.2, 0.25) is 10.0 Å². The number of likely N-dealkylation sites (tertiary alicyclic amines) is 1. The molecular weight excluding hydrogens is 588 g/mol. The SMILES string of the molecule is CCN1[C@H]2Cc3c4ccc(C(=O)CCCN(C)C)cc4nn3[C@H]2[C@H](c2cccc(Cl)c2F)[C@]12C(=O)Nc1cc(Cl)ccc12. The highest BCUT2D eigenvalue weighted by Crippen LogP contribution is 2.63. The second-order valence-electron chi connectivity index (χ2n) is 12.0. The predicted molar refractivity (Wildman–Crippen MR) is 167 cm³/mol. The summed E-state index contributed by atoms with van der Waals surface area (Å²) in [6, 6.07) is 15.6. The molecular formula is C33H32Cl2FN5O2. The zero-order valence-corrected chi connectivity index (χ0v) is 25.7. The van der Waals surface area contributed by atoms with Gasteiger partial charge in [-0.25, -0.2) is 4.39 Å². The first kappa shape index (κ1) is 28.5. The van der Waals surface area contributed by atoms with Crippen molar-refractivity contribution in [2.24, 2.45) is 0 Å². The summed E-state index contributed by atoms with van der Waals surface area (Å²) < 4.78 is 18.0. The fraction of sp³-hybridized carbons (Fsp3) is 0.364. The van der Waals surface area contributed by atoms with Gasteiger partial charge in [0, 0.05) is 57.7 Å².